The summed E-state index contributed by atoms with van der Waals surface area (Å²) in [5.74, 6) is 3.31. The molecule has 22 heavy (non-hydrogen) atoms. The maximum atomic E-state index is 12.5. The molecule has 3 fully saturated rings. The lowest BCUT2D eigenvalue weighted by Gasteiger charge is -2.52. The molecule has 0 N–H and O–H groups in total. The molecule has 0 radical (unpaired) electrons. The van der Waals surface area contributed by atoms with Crippen molar-refractivity contribution in [1.82, 2.24) is 0 Å². The van der Waals surface area contributed by atoms with Gasteiger partial charge in [0.1, 0.15) is 0 Å². The van der Waals surface area contributed by atoms with E-state index >= 15 is 0 Å². The third kappa shape index (κ3) is 1.85. The van der Waals surface area contributed by atoms with Crippen molar-refractivity contribution in [3.05, 3.63) is 23.3 Å². The van der Waals surface area contributed by atoms with Crippen LogP contribution in [0.5, 0.6) is 0 Å². The van der Waals surface area contributed by atoms with Gasteiger partial charge in [-0.15, -0.1) is 0 Å². The molecule has 0 heterocycles. The Morgan fingerprint density at radius 2 is 1.95 bits per heavy atom. The highest BCUT2D eigenvalue weighted by Crippen LogP contribution is 2.62. The van der Waals surface area contributed by atoms with E-state index in [1.54, 1.807) is 0 Å². The van der Waals surface area contributed by atoms with Gasteiger partial charge in [-0.3, -0.25) is 9.59 Å². The molecule has 4 rings (SSSR count). The van der Waals surface area contributed by atoms with Crippen LogP contribution in [0, 0.1) is 29.1 Å². The van der Waals surface area contributed by atoms with Crippen molar-refractivity contribution >= 4 is 11.6 Å². The fourth-order valence-corrected chi connectivity index (χ4v) is 6.33. The Morgan fingerprint density at radius 3 is 2.73 bits per heavy atom. The summed E-state index contributed by atoms with van der Waals surface area (Å²) in [7, 11) is 0. The zero-order valence-electron chi connectivity index (χ0n) is 13.7. The lowest BCUT2D eigenvalue weighted by atomic mass is 9.52. The van der Waals surface area contributed by atoms with E-state index in [2.05, 4.69) is 13.0 Å². The number of fused-ring (bicyclic) bond motifs is 5. The molecule has 4 aliphatic carbocycles. The maximum absolute atomic E-state index is 12.5. The number of rotatable bonds is 0. The van der Waals surface area contributed by atoms with Crippen molar-refractivity contribution in [2.24, 2.45) is 29.1 Å². The standard InChI is InChI=1S/C20H26O2/c1-3-17-19(22)11-18-16-6-4-12-10-13(21)5-7-14(12)15(16)8-9-20(17,18)2/h3,10,14-16,18H,4-9,11H2,1-2H3/b17-3-. The molecule has 0 aromatic carbocycles. The van der Waals surface area contributed by atoms with Gasteiger partial charge < -0.3 is 0 Å². The first-order valence-corrected chi connectivity index (χ1v) is 8.98. The van der Waals surface area contributed by atoms with Gasteiger partial charge in [-0.25, -0.2) is 0 Å². The summed E-state index contributed by atoms with van der Waals surface area (Å²) in [4.78, 5) is 24.2. The van der Waals surface area contributed by atoms with E-state index in [0.717, 1.165) is 43.6 Å². The summed E-state index contributed by atoms with van der Waals surface area (Å²) in [5, 5.41) is 0. The van der Waals surface area contributed by atoms with E-state index in [-0.39, 0.29) is 5.41 Å². The second-order valence-corrected chi connectivity index (χ2v) is 8.09. The van der Waals surface area contributed by atoms with Crippen molar-refractivity contribution in [3.8, 4) is 0 Å². The van der Waals surface area contributed by atoms with Crippen LogP contribution in [0.2, 0.25) is 0 Å². The van der Waals surface area contributed by atoms with Gasteiger partial charge in [0.25, 0.3) is 0 Å². The summed E-state index contributed by atoms with van der Waals surface area (Å²) >= 11 is 0. The highest BCUT2D eigenvalue weighted by Gasteiger charge is 2.56. The SMILES string of the molecule is C/C=C1/C(=O)CC2C3CCC4=CC(=O)CCC4C3CCC12C. The zero-order chi connectivity index (χ0) is 15.5. The second-order valence-electron chi connectivity index (χ2n) is 8.09. The smallest absolute Gasteiger partial charge is 0.159 e. The van der Waals surface area contributed by atoms with Crippen LogP contribution in [-0.4, -0.2) is 11.6 Å². The molecule has 0 saturated heterocycles. The molecule has 2 nitrogen and oxygen atoms in total. The third-order valence-electron chi connectivity index (χ3n) is 7.30. The highest BCUT2D eigenvalue weighted by atomic mass is 16.1. The van der Waals surface area contributed by atoms with E-state index < -0.39 is 0 Å². The van der Waals surface area contributed by atoms with Gasteiger partial charge in [0.2, 0.25) is 0 Å². The predicted octanol–water partition coefficient (Wildman–Crippen LogP) is 4.25. The van der Waals surface area contributed by atoms with Gasteiger partial charge >= 0.3 is 0 Å². The van der Waals surface area contributed by atoms with E-state index in [4.69, 9.17) is 0 Å². The van der Waals surface area contributed by atoms with Crippen LogP contribution in [0.4, 0.5) is 0 Å². The fraction of sp³-hybridized carbons (Fsp3) is 0.700. The van der Waals surface area contributed by atoms with Gasteiger partial charge in [0.05, 0.1) is 0 Å². The molecule has 0 bridgehead atoms. The average molecular weight is 298 g/mol. The van der Waals surface area contributed by atoms with E-state index in [0.29, 0.717) is 29.3 Å². The van der Waals surface area contributed by atoms with Gasteiger partial charge in [-0.05, 0) is 79.8 Å². The fourth-order valence-electron chi connectivity index (χ4n) is 6.33. The van der Waals surface area contributed by atoms with E-state index in [1.807, 2.05) is 13.0 Å². The van der Waals surface area contributed by atoms with Gasteiger partial charge in [-0.1, -0.05) is 18.6 Å². The molecule has 4 aliphatic rings. The molecule has 0 amide bonds. The van der Waals surface area contributed by atoms with Crippen LogP contribution in [0.1, 0.15) is 58.8 Å². The Bertz CT molecular complexity index is 597. The van der Waals surface area contributed by atoms with Crippen LogP contribution in [0.3, 0.4) is 0 Å². The van der Waals surface area contributed by atoms with Crippen molar-refractivity contribution < 1.29 is 9.59 Å². The Kier molecular flexibility index (Phi) is 3.22. The molecule has 0 aromatic rings. The summed E-state index contributed by atoms with van der Waals surface area (Å²) in [6, 6.07) is 0. The number of hydrogen-bond acceptors (Lipinski definition) is 2. The Morgan fingerprint density at radius 1 is 1.14 bits per heavy atom. The maximum Gasteiger partial charge on any atom is 0.159 e. The molecule has 2 heteroatoms. The molecule has 5 unspecified atom stereocenters. The van der Waals surface area contributed by atoms with E-state index in [1.165, 1.54) is 18.4 Å². The molecule has 5 atom stereocenters. The quantitative estimate of drug-likeness (QED) is 0.626. The Hall–Kier alpha value is -1.18. The lowest BCUT2D eigenvalue weighted by molar-refractivity contribution is -0.116. The number of carbonyl (C=O) groups excluding carboxylic acids is 2. The number of ketones is 2. The topological polar surface area (TPSA) is 34.1 Å². The summed E-state index contributed by atoms with van der Waals surface area (Å²) < 4.78 is 0. The molecule has 118 valence electrons. The monoisotopic (exact) mass is 298 g/mol. The zero-order valence-corrected chi connectivity index (χ0v) is 13.7. The van der Waals surface area contributed by atoms with Crippen molar-refractivity contribution in [2.45, 2.75) is 58.8 Å². The number of hydrogen-bond donors (Lipinski definition) is 0. The Balaban J connectivity index is 1.67. The molecular weight excluding hydrogens is 272 g/mol. The van der Waals surface area contributed by atoms with Crippen molar-refractivity contribution in [1.29, 1.82) is 0 Å². The van der Waals surface area contributed by atoms with Crippen LogP contribution in [0.15, 0.2) is 23.3 Å². The van der Waals surface area contributed by atoms with Crippen molar-refractivity contribution in [2.75, 3.05) is 0 Å². The molecule has 3 saturated carbocycles. The van der Waals surface area contributed by atoms with Gasteiger partial charge in [0, 0.05) is 12.8 Å². The molecule has 0 spiro atoms. The number of Topliss-reactive ketones (excluding diaryl/α,β-unsaturated/α-hetero) is 1. The summed E-state index contributed by atoms with van der Waals surface area (Å²) in [5.41, 5.74) is 2.66. The van der Waals surface area contributed by atoms with Crippen LogP contribution >= 0.6 is 0 Å². The first kappa shape index (κ1) is 14.4. The summed E-state index contributed by atoms with van der Waals surface area (Å²) in [6.07, 6.45) is 11.3. The molecule has 0 aromatic heterocycles. The van der Waals surface area contributed by atoms with Gasteiger partial charge in [-0.2, -0.15) is 0 Å². The van der Waals surface area contributed by atoms with Gasteiger partial charge in [0.15, 0.2) is 11.6 Å². The number of carbonyl (C=O) groups is 2. The number of allylic oxidation sites excluding steroid dienone is 3. The van der Waals surface area contributed by atoms with Crippen molar-refractivity contribution in [3.63, 3.8) is 0 Å². The van der Waals surface area contributed by atoms with Crippen LogP contribution in [-0.2, 0) is 9.59 Å². The normalized spacial score (nSPS) is 46.1. The summed E-state index contributed by atoms with van der Waals surface area (Å²) in [6.45, 7) is 4.37. The average Bonchev–Trinajstić information content (AvgIpc) is 2.76. The molecule has 0 aliphatic heterocycles. The Labute approximate surface area is 133 Å². The molecular formula is C20H26O2. The minimum absolute atomic E-state index is 0.124. The predicted molar refractivity (Wildman–Crippen MR) is 86.2 cm³/mol. The third-order valence-corrected chi connectivity index (χ3v) is 7.30. The first-order chi connectivity index (χ1) is 10.5. The second kappa shape index (κ2) is 4.91. The van der Waals surface area contributed by atoms with Crippen LogP contribution < -0.4 is 0 Å². The highest BCUT2D eigenvalue weighted by molar-refractivity contribution is 5.99. The lowest BCUT2D eigenvalue weighted by Crippen LogP contribution is -2.45. The van der Waals surface area contributed by atoms with Crippen LogP contribution in [0.25, 0.3) is 0 Å². The minimum Gasteiger partial charge on any atom is -0.295 e. The van der Waals surface area contributed by atoms with E-state index in [9.17, 15) is 9.59 Å². The first-order valence-electron chi connectivity index (χ1n) is 8.98. The largest absolute Gasteiger partial charge is 0.295 e. The minimum atomic E-state index is 0.124.